The summed E-state index contributed by atoms with van der Waals surface area (Å²) in [5.41, 5.74) is 0.797. The smallest absolute Gasteiger partial charge is 0.423 e. The second-order valence-corrected chi connectivity index (χ2v) is 2.25. The van der Waals surface area contributed by atoms with Crippen molar-refractivity contribution >= 4 is 18.8 Å². The third-order valence-corrected chi connectivity index (χ3v) is 1.47. The molecule has 0 saturated heterocycles. The van der Waals surface area contributed by atoms with Gasteiger partial charge in [-0.1, -0.05) is 29.4 Å². The summed E-state index contributed by atoms with van der Waals surface area (Å²) in [6.45, 7) is 0. The lowest BCUT2D eigenvalue weighted by atomic mass is 9.77. The Morgan fingerprint density at radius 3 is 2.50 bits per heavy atom. The van der Waals surface area contributed by atoms with Gasteiger partial charge in [0.25, 0.3) is 0 Å². The second-order valence-electron chi connectivity index (χ2n) is 2.25. The Labute approximate surface area is 69.9 Å². The average Bonchev–Trinajstić information content (AvgIpc) is 2.05. The highest BCUT2D eigenvalue weighted by Crippen LogP contribution is 1.92. The highest BCUT2D eigenvalue weighted by molar-refractivity contribution is 6.60. The van der Waals surface area contributed by atoms with Crippen molar-refractivity contribution < 1.29 is 15.3 Å². The van der Waals surface area contributed by atoms with E-state index in [9.17, 15) is 0 Å². The van der Waals surface area contributed by atoms with Crippen LogP contribution in [0.1, 0.15) is 5.56 Å². The van der Waals surface area contributed by atoms with Crippen molar-refractivity contribution in [2.45, 2.75) is 0 Å². The molecule has 12 heavy (non-hydrogen) atoms. The maximum absolute atomic E-state index is 8.84. The molecule has 0 fully saturated rings. The molecule has 0 aliphatic rings. The van der Waals surface area contributed by atoms with Gasteiger partial charge in [0, 0.05) is 0 Å². The molecule has 0 radical (unpaired) electrons. The van der Waals surface area contributed by atoms with Crippen LogP contribution in [0.3, 0.4) is 0 Å². The number of nitrogens with zero attached hydrogens (tertiary/aromatic N) is 1. The number of oxime groups is 1. The van der Waals surface area contributed by atoms with Gasteiger partial charge in [-0.15, -0.1) is 0 Å². The molecule has 0 spiro atoms. The Hall–Kier alpha value is -1.33. The molecule has 1 rings (SSSR count). The molecule has 5 heteroatoms. The van der Waals surface area contributed by atoms with E-state index >= 15 is 0 Å². The van der Waals surface area contributed by atoms with Crippen molar-refractivity contribution in [3.8, 4) is 0 Å². The third-order valence-electron chi connectivity index (χ3n) is 1.47. The lowest BCUT2D eigenvalue weighted by molar-refractivity contribution is 0.322. The average molecular weight is 165 g/mol. The summed E-state index contributed by atoms with van der Waals surface area (Å²) in [5.74, 6) is 0. The molecular formula is C7H8BNO3. The maximum Gasteiger partial charge on any atom is 0.489 e. The van der Waals surface area contributed by atoms with Crippen LogP contribution in [0.5, 0.6) is 0 Å². The Bertz CT molecular complexity index is 288. The summed E-state index contributed by atoms with van der Waals surface area (Å²) in [6.07, 6.45) is 1.15. The van der Waals surface area contributed by atoms with Crippen molar-refractivity contribution in [2.75, 3.05) is 0 Å². The number of benzene rings is 1. The Kier molecular flexibility index (Phi) is 2.84. The first-order valence-corrected chi connectivity index (χ1v) is 3.38. The summed E-state index contributed by atoms with van der Waals surface area (Å²) in [7, 11) is -1.54. The lowest BCUT2D eigenvalue weighted by Gasteiger charge is -2.01. The fourth-order valence-electron chi connectivity index (χ4n) is 0.926. The zero-order valence-electron chi connectivity index (χ0n) is 6.25. The molecule has 1 aromatic carbocycles. The van der Waals surface area contributed by atoms with Crippen molar-refractivity contribution in [1.82, 2.24) is 0 Å². The van der Waals surface area contributed by atoms with Gasteiger partial charge in [0.05, 0.1) is 6.21 Å². The molecule has 0 unspecified atom stereocenters. The van der Waals surface area contributed by atoms with Gasteiger partial charge >= 0.3 is 7.12 Å². The third kappa shape index (κ3) is 1.84. The van der Waals surface area contributed by atoms with Gasteiger partial charge in [-0.3, -0.25) is 0 Å². The predicted octanol–water partition coefficient (Wildman–Crippen LogP) is -0.826. The van der Waals surface area contributed by atoms with Gasteiger partial charge in [0.2, 0.25) is 0 Å². The minimum atomic E-state index is -1.54. The molecule has 0 heterocycles. The highest BCUT2D eigenvalue weighted by Gasteiger charge is 2.13. The first kappa shape index (κ1) is 8.77. The van der Waals surface area contributed by atoms with Crippen molar-refractivity contribution in [3.63, 3.8) is 0 Å². The summed E-state index contributed by atoms with van der Waals surface area (Å²) in [4.78, 5) is 0. The van der Waals surface area contributed by atoms with E-state index in [0.29, 0.717) is 11.0 Å². The van der Waals surface area contributed by atoms with E-state index < -0.39 is 7.12 Å². The summed E-state index contributed by atoms with van der Waals surface area (Å²) >= 11 is 0. The normalized spacial score (nSPS) is 10.5. The summed E-state index contributed by atoms with van der Waals surface area (Å²) in [5, 5.41) is 28.7. The van der Waals surface area contributed by atoms with Crippen molar-refractivity contribution in [1.29, 1.82) is 0 Å². The van der Waals surface area contributed by atoms with Crippen LogP contribution in [0.25, 0.3) is 0 Å². The van der Waals surface area contributed by atoms with Crippen LogP contribution in [0, 0.1) is 0 Å². The van der Waals surface area contributed by atoms with Gasteiger partial charge < -0.3 is 15.3 Å². The van der Waals surface area contributed by atoms with E-state index in [0.717, 1.165) is 6.21 Å². The van der Waals surface area contributed by atoms with Crippen LogP contribution < -0.4 is 5.46 Å². The number of hydrogen-bond acceptors (Lipinski definition) is 4. The van der Waals surface area contributed by atoms with Crippen LogP contribution in [0.4, 0.5) is 0 Å². The van der Waals surface area contributed by atoms with Crippen LogP contribution in [0.15, 0.2) is 29.4 Å². The minimum Gasteiger partial charge on any atom is -0.423 e. The molecule has 0 aliphatic heterocycles. The van der Waals surface area contributed by atoms with Gasteiger partial charge in [-0.25, -0.2) is 0 Å². The van der Waals surface area contributed by atoms with E-state index in [1.807, 2.05) is 0 Å². The first-order chi connectivity index (χ1) is 5.75. The molecule has 0 amide bonds. The van der Waals surface area contributed by atoms with Crippen LogP contribution in [0.2, 0.25) is 0 Å². The van der Waals surface area contributed by atoms with E-state index in [1.54, 1.807) is 24.3 Å². The van der Waals surface area contributed by atoms with Crippen molar-refractivity contribution in [3.05, 3.63) is 29.8 Å². The van der Waals surface area contributed by atoms with E-state index in [2.05, 4.69) is 5.16 Å². The molecule has 1 aromatic rings. The van der Waals surface area contributed by atoms with Crippen LogP contribution >= 0.6 is 0 Å². The Morgan fingerprint density at radius 1 is 1.25 bits per heavy atom. The number of rotatable bonds is 2. The Morgan fingerprint density at radius 2 is 1.92 bits per heavy atom. The highest BCUT2D eigenvalue weighted by atomic mass is 16.4. The van der Waals surface area contributed by atoms with E-state index in [-0.39, 0.29) is 0 Å². The Balaban J connectivity index is 3.08. The molecule has 0 aromatic heterocycles. The lowest BCUT2D eigenvalue weighted by Crippen LogP contribution is -2.32. The maximum atomic E-state index is 8.84. The fourth-order valence-corrected chi connectivity index (χ4v) is 0.926. The molecule has 0 atom stereocenters. The zero-order chi connectivity index (χ0) is 8.97. The van der Waals surface area contributed by atoms with Gasteiger partial charge in [0.1, 0.15) is 0 Å². The minimum absolute atomic E-state index is 0.315. The topological polar surface area (TPSA) is 73.1 Å². The first-order valence-electron chi connectivity index (χ1n) is 3.38. The van der Waals surface area contributed by atoms with Gasteiger partial charge in [0.15, 0.2) is 0 Å². The van der Waals surface area contributed by atoms with Crippen LogP contribution in [-0.2, 0) is 0 Å². The van der Waals surface area contributed by atoms with Crippen LogP contribution in [-0.4, -0.2) is 28.6 Å². The van der Waals surface area contributed by atoms with E-state index in [4.69, 9.17) is 15.3 Å². The second kappa shape index (κ2) is 3.89. The zero-order valence-corrected chi connectivity index (χ0v) is 6.25. The fraction of sp³-hybridized carbons (Fsp3) is 0. The summed E-state index contributed by atoms with van der Waals surface area (Å²) < 4.78 is 0. The van der Waals surface area contributed by atoms with Gasteiger partial charge in [-0.2, -0.15) is 0 Å². The monoisotopic (exact) mass is 165 g/mol. The van der Waals surface area contributed by atoms with Crippen molar-refractivity contribution in [2.24, 2.45) is 5.16 Å². The molecule has 0 bridgehead atoms. The standard InChI is InChI=1S/C7H8BNO3/c10-8(11)7-4-2-1-3-6(7)5-9-12/h1-5,10-12H/b9-5-. The molecule has 62 valence electrons. The number of hydrogen-bond donors (Lipinski definition) is 3. The molecule has 0 saturated carbocycles. The SMILES string of the molecule is O/N=C\c1ccccc1B(O)O. The predicted molar refractivity (Wildman–Crippen MR) is 45.6 cm³/mol. The molecular weight excluding hydrogens is 157 g/mol. The largest absolute Gasteiger partial charge is 0.489 e. The molecule has 3 N–H and O–H groups in total. The molecule has 4 nitrogen and oxygen atoms in total. The quantitative estimate of drug-likeness (QED) is 0.232. The van der Waals surface area contributed by atoms with E-state index in [1.165, 1.54) is 0 Å². The summed E-state index contributed by atoms with van der Waals surface area (Å²) in [6, 6.07) is 6.54. The molecule has 0 aliphatic carbocycles. The van der Waals surface area contributed by atoms with Gasteiger partial charge in [-0.05, 0) is 11.0 Å².